The highest BCUT2D eigenvalue weighted by Crippen LogP contribution is 2.44. The molecule has 8 rings (SSSR count). The summed E-state index contributed by atoms with van der Waals surface area (Å²) in [4.78, 5) is 0. The van der Waals surface area contributed by atoms with Crippen molar-refractivity contribution in [2.75, 3.05) is 0 Å². The molecule has 2 nitrogen and oxygen atoms in total. The average molecular weight is 528 g/mol. The van der Waals surface area contributed by atoms with Gasteiger partial charge in [0, 0.05) is 30.9 Å². The fourth-order valence-corrected chi connectivity index (χ4v) is 6.93. The number of hydrogen-bond donors (Lipinski definition) is 0. The molecule has 0 saturated carbocycles. The summed E-state index contributed by atoms with van der Waals surface area (Å²) in [6.45, 7) is 0. The monoisotopic (exact) mass is 527 g/mol. The standard InChI is InChI=1S/C37H21NOS/c38-22-23-12-14-24(15-13-23)27-8-5-9-28(25-16-18-34-31(20-25)29-6-1-3-10-33(29)39-34)37(27)26-17-19-36-32(21-26)30-7-2-4-11-35(30)40-36/h1-21H. The Morgan fingerprint density at radius 2 is 1.15 bits per heavy atom. The molecular formula is C37H21NOS. The molecule has 3 heteroatoms. The maximum absolute atomic E-state index is 9.38. The number of thiophene rings is 1. The van der Waals surface area contributed by atoms with E-state index in [0.717, 1.165) is 44.2 Å². The van der Waals surface area contributed by atoms with Crippen LogP contribution in [0.3, 0.4) is 0 Å². The maximum Gasteiger partial charge on any atom is 0.135 e. The molecule has 0 aliphatic heterocycles. The quantitative estimate of drug-likeness (QED) is 0.229. The molecule has 0 fully saturated rings. The molecule has 2 heterocycles. The number of nitrogens with zero attached hydrogens (tertiary/aromatic N) is 1. The number of nitriles is 1. The third-order valence-electron chi connectivity index (χ3n) is 7.74. The van der Waals surface area contributed by atoms with Crippen LogP contribution in [0.5, 0.6) is 0 Å². The zero-order chi connectivity index (χ0) is 26.6. The highest BCUT2D eigenvalue weighted by atomic mass is 32.1. The molecule has 6 aromatic carbocycles. The molecular weight excluding hydrogens is 506 g/mol. The first kappa shape index (κ1) is 22.8. The Morgan fingerprint density at radius 1 is 0.500 bits per heavy atom. The summed E-state index contributed by atoms with van der Waals surface area (Å²) in [5, 5.41) is 14.2. The Kier molecular flexibility index (Phi) is 5.10. The highest BCUT2D eigenvalue weighted by molar-refractivity contribution is 7.25. The minimum absolute atomic E-state index is 0.657. The van der Waals surface area contributed by atoms with Gasteiger partial charge in [-0.05, 0) is 81.9 Å². The van der Waals surface area contributed by atoms with Crippen molar-refractivity contribution in [3.8, 4) is 39.4 Å². The van der Waals surface area contributed by atoms with Gasteiger partial charge < -0.3 is 4.42 Å². The van der Waals surface area contributed by atoms with Gasteiger partial charge in [0.1, 0.15) is 11.2 Å². The first-order valence-corrected chi connectivity index (χ1v) is 14.1. The summed E-state index contributed by atoms with van der Waals surface area (Å²) >= 11 is 1.83. The van der Waals surface area contributed by atoms with Crippen molar-refractivity contribution in [2.45, 2.75) is 0 Å². The molecule has 0 unspecified atom stereocenters. The van der Waals surface area contributed by atoms with Crippen LogP contribution in [-0.4, -0.2) is 0 Å². The van der Waals surface area contributed by atoms with Gasteiger partial charge >= 0.3 is 0 Å². The van der Waals surface area contributed by atoms with Crippen LogP contribution in [0.1, 0.15) is 5.56 Å². The average Bonchev–Trinajstić information content (AvgIpc) is 3.58. The van der Waals surface area contributed by atoms with Crippen molar-refractivity contribution in [2.24, 2.45) is 0 Å². The lowest BCUT2D eigenvalue weighted by Crippen LogP contribution is -1.91. The first-order valence-electron chi connectivity index (χ1n) is 13.2. The van der Waals surface area contributed by atoms with Crippen molar-refractivity contribution < 1.29 is 4.42 Å². The lowest BCUT2D eigenvalue weighted by Gasteiger charge is -2.17. The van der Waals surface area contributed by atoms with Crippen LogP contribution in [0.15, 0.2) is 132 Å². The topological polar surface area (TPSA) is 36.9 Å². The minimum Gasteiger partial charge on any atom is -0.456 e. The van der Waals surface area contributed by atoms with Crippen molar-refractivity contribution >= 4 is 53.4 Å². The molecule has 0 saturated heterocycles. The summed E-state index contributed by atoms with van der Waals surface area (Å²) in [6, 6.07) is 46.8. The van der Waals surface area contributed by atoms with E-state index in [1.54, 1.807) is 0 Å². The number of para-hydroxylation sites is 1. The molecule has 0 atom stereocenters. The van der Waals surface area contributed by atoms with E-state index >= 15 is 0 Å². The number of hydrogen-bond acceptors (Lipinski definition) is 3. The van der Waals surface area contributed by atoms with Gasteiger partial charge in [-0.25, -0.2) is 0 Å². The molecule has 0 radical (unpaired) electrons. The number of rotatable bonds is 3. The third-order valence-corrected chi connectivity index (χ3v) is 8.89. The number of fused-ring (bicyclic) bond motifs is 6. The summed E-state index contributed by atoms with van der Waals surface area (Å²) in [6.07, 6.45) is 0. The third kappa shape index (κ3) is 3.55. The molecule has 0 aliphatic carbocycles. The van der Waals surface area contributed by atoms with Crippen LogP contribution in [0.4, 0.5) is 0 Å². The molecule has 40 heavy (non-hydrogen) atoms. The van der Waals surface area contributed by atoms with E-state index in [-0.39, 0.29) is 0 Å². The van der Waals surface area contributed by atoms with Crippen molar-refractivity contribution in [3.63, 3.8) is 0 Å². The van der Waals surface area contributed by atoms with Crippen LogP contribution >= 0.6 is 11.3 Å². The molecule has 186 valence electrons. The predicted octanol–water partition coefficient (Wildman–Crippen LogP) is 10.8. The number of benzene rings is 6. The highest BCUT2D eigenvalue weighted by Gasteiger charge is 2.17. The Morgan fingerprint density at radius 3 is 2.00 bits per heavy atom. The van der Waals surface area contributed by atoms with E-state index in [0.29, 0.717) is 5.56 Å². The fourth-order valence-electron chi connectivity index (χ4n) is 5.84. The summed E-state index contributed by atoms with van der Waals surface area (Å²) < 4.78 is 8.71. The van der Waals surface area contributed by atoms with Crippen LogP contribution in [0, 0.1) is 11.3 Å². The normalized spacial score (nSPS) is 11.5. The zero-order valence-corrected chi connectivity index (χ0v) is 22.2. The molecule has 8 aromatic rings. The smallest absolute Gasteiger partial charge is 0.135 e. The Balaban J connectivity index is 1.42. The van der Waals surface area contributed by atoms with Gasteiger partial charge in [0.25, 0.3) is 0 Å². The first-order chi connectivity index (χ1) is 19.8. The van der Waals surface area contributed by atoms with Gasteiger partial charge in [0.15, 0.2) is 0 Å². The van der Waals surface area contributed by atoms with E-state index in [4.69, 9.17) is 4.42 Å². The largest absolute Gasteiger partial charge is 0.456 e. The second-order valence-corrected chi connectivity index (χ2v) is 11.1. The SMILES string of the molecule is N#Cc1ccc(-c2cccc(-c3ccc4oc5ccccc5c4c3)c2-c2ccc3sc4ccccc4c3c2)cc1. The maximum atomic E-state index is 9.38. The van der Waals surface area contributed by atoms with Crippen LogP contribution in [-0.2, 0) is 0 Å². The van der Waals surface area contributed by atoms with Gasteiger partial charge in [-0.3, -0.25) is 0 Å². The van der Waals surface area contributed by atoms with E-state index in [1.807, 2.05) is 47.7 Å². The lowest BCUT2D eigenvalue weighted by atomic mass is 9.86. The van der Waals surface area contributed by atoms with Crippen LogP contribution in [0.25, 0.3) is 75.5 Å². The van der Waals surface area contributed by atoms with Gasteiger partial charge in [0.2, 0.25) is 0 Å². The summed E-state index contributed by atoms with van der Waals surface area (Å²) in [7, 11) is 0. The molecule has 0 amide bonds. The van der Waals surface area contributed by atoms with E-state index < -0.39 is 0 Å². The fraction of sp³-hybridized carbons (Fsp3) is 0. The van der Waals surface area contributed by atoms with Gasteiger partial charge in [-0.1, -0.05) is 78.9 Å². The Bertz CT molecular complexity index is 2280. The molecule has 0 N–H and O–H groups in total. The number of furan rings is 1. The molecule has 0 bridgehead atoms. The minimum atomic E-state index is 0.657. The molecule has 0 aliphatic rings. The Hall–Kier alpha value is -5.17. The second-order valence-electron chi connectivity index (χ2n) is 10.0. The zero-order valence-electron chi connectivity index (χ0n) is 21.4. The lowest BCUT2D eigenvalue weighted by molar-refractivity contribution is 0.669. The second kappa shape index (κ2) is 8.95. The van der Waals surface area contributed by atoms with Crippen LogP contribution in [0.2, 0.25) is 0 Å². The van der Waals surface area contributed by atoms with Gasteiger partial charge in [0.05, 0.1) is 11.6 Å². The van der Waals surface area contributed by atoms with E-state index in [2.05, 4.69) is 97.1 Å². The predicted molar refractivity (Wildman–Crippen MR) is 168 cm³/mol. The van der Waals surface area contributed by atoms with Crippen molar-refractivity contribution in [1.29, 1.82) is 5.26 Å². The summed E-state index contributed by atoms with van der Waals surface area (Å²) in [5.41, 5.74) is 9.31. The molecule has 2 aromatic heterocycles. The van der Waals surface area contributed by atoms with E-state index in [9.17, 15) is 5.26 Å². The Labute approximate surface area is 235 Å². The van der Waals surface area contributed by atoms with E-state index in [1.165, 1.54) is 31.3 Å². The molecule has 0 spiro atoms. The van der Waals surface area contributed by atoms with Crippen LogP contribution < -0.4 is 0 Å². The van der Waals surface area contributed by atoms with Crippen molar-refractivity contribution in [3.05, 3.63) is 133 Å². The van der Waals surface area contributed by atoms with Gasteiger partial charge in [-0.2, -0.15) is 5.26 Å². The summed E-state index contributed by atoms with van der Waals surface area (Å²) in [5.74, 6) is 0. The van der Waals surface area contributed by atoms with Crippen molar-refractivity contribution in [1.82, 2.24) is 0 Å². The van der Waals surface area contributed by atoms with Gasteiger partial charge in [-0.15, -0.1) is 11.3 Å².